The van der Waals surface area contributed by atoms with Crippen molar-refractivity contribution in [3.05, 3.63) is 0 Å². The number of rotatable bonds is 9. The third-order valence-corrected chi connectivity index (χ3v) is 2.50. The fraction of sp³-hybridized carbons (Fsp3) is 0.875. The molecule has 0 saturated carbocycles. The van der Waals surface area contributed by atoms with Crippen molar-refractivity contribution < 1.29 is 9.59 Å². The van der Waals surface area contributed by atoms with E-state index < -0.39 is 0 Å². The molecule has 0 aliphatic carbocycles. The Balaban J connectivity index is 0. The molecule has 0 spiro atoms. The number of hydrogen-bond acceptors (Lipinski definition) is 2. The standard InChI is InChI=1S/2C8H16O/c1-4-5-8(9)6-7(2)3;1-3-5-7-8(9)6-4-2/h7H,4-6H2,1-3H3;3-7H2,1-2H3. The van der Waals surface area contributed by atoms with Crippen molar-refractivity contribution >= 4 is 11.6 Å². The van der Waals surface area contributed by atoms with Crippen LogP contribution in [0, 0.1) is 5.92 Å². The molecule has 0 unspecified atom stereocenters. The van der Waals surface area contributed by atoms with Gasteiger partial charge in [-0.15, -0.1) is 0 Å². The smallest absolute Gasteiger partial charge is 0.133 e. The third kappa shape index (κ3) is 17.7. The van der Waals surface area contributed by atoms with Gasteiger partial charge in [0.1, 0.15) is 11.6 Å². The number of carbonyl (C=O) groups excluding carboxylic acids is 2. The summed E-state index contributed by atoms with van der Waals surface area (Å²) >= 11 is 0. The van der Waals surface area contributed by atoms with Crippen molar-refractivity contribution in [1.82, 2.24) is 0 Å². The quantitative estimate of drug-likeness (QED) is 0.585. The molecule has 0 atom stereocenters. The van der Waals surface area contributed by atoms with Gasteiger partial charge in [0.2, 0.25) is 0 Å². The highest BCUT2D eigenvalue weighted by Crippen LogP contribution is 2.03. The molecule has 0 radical (unpaired) electrons. The predicted octanol–water partition coefficient (Wildman–Crippen LogP) is 4.95. The molecule has 0 fully saturated rings. The van der Waals surface area contributed by atoms with Gasteiger partial charge < -0.3 is 0 Å². The first kappa shape index (κ1) is 19.7. The van der Waals surface area contributed by atoms with Crippen LogP contribution in [0.4, 0.5) is 0 Å². The second-order valence-corrected chi connectivity index (χ2v) is 5.28. The maximum absolute atomic E-state index is 10.9. The minimum Gasteiger partial charge on any atom is -0.300 e. The molecule has 2 heteroatoms. The summed E-state index contributed by atoms with van der Waals surface area (Å²) in [7, 11) is 0. The lowest BCUT2D eigenvalue weighted by molar-refractivity contribution is -0.120. The molecule has 0 saturated heterocycles. The van der Waals surface area contributed by atoms with Gasteiger partial charge >= 0.3 is 0 Å². The third-order valence-electron chi connectivity index (χ3n) is 2.50. The van der Waals surface area contributed by atoms with Crippen molar-refractivity contribution in [2.45, 2.75) is 86.0 Å². The van der Waals surface area contributed by atoms with E-state index in [1.54, 1.807) is 0 Å². The van der Waals surface area contributed by atoms with Crippen molar-refractivity contribution in [2.75, 3.05) is 0 Å². The average Bonchev–Trinajstić information content (AvgIpc) is 2.27. The highest BCUT2D eigenvalue weighted by Gasteiger charge is 2.01. The van der Waals surface area contributed by atoms with Crippen LogP contribution >= 0.6 is 0 Å². The summed E-state index contributed by atoms with van der Waals surface area (Å²) in [6.07, 6.45) is 7.29. The Morgan fingerprint density at radius 1 is 0.778 bits per heavy atom. The number of unbranched alkanes of at least 4 members (excludes halogenated alkanes) is 1. The maximum atomic E-state index is 10.9. The summed E-state index contributed by atoms with van der Waals surface area (Å²) in [5.41, 5.74) is 0. The summed E-state index contributed by atoms with van der Waals surface area (Å²) in [6, 6.07) is 0. The lowest BCUT2D eigenvalue weighted by atomic mass is 10.0. The van der Waals surface area contributed by atoms with Gasteiger partial charge in [-0.25, -0.2) is 0 Å². The molecule has 2 nitrogen and oxygen atoms in total. The Hall–Kier alpha value is -0.660. The van der Waals surface area contributed by atoms with E-state index in [9.17, 15) is 9.59 Å². The predicted molar refractivity (Wildman–Crippen MR) is 78.8 cm³/mol. The molecule has 0 N–H and O–H groups in total. The Morgan fingerprint density at radius 3 is 1.67 bits per heavy atom. The molecule has 0 aromatic heterocycles. The number of carbonyl (C=O) groups is 2. The highest BCUT2D eigenvalue weighted by atomic mass is 16.1. The van der Waals surface area contributed by atoms with Crippen LogP contribution in [0.25, 0.3) is 0 Å². The van der Waals surface area contributed by atoms with Crippen LogP contribution in [-0.4, -0.2) is 11.6 Å². The lowest BCUT2D eigenvalue weighted by Gasteiger charge is -2.00. The van der Waals surface area contributed by atoms with Crippen LogP contribution in [0.15, 0.2) is 0 Å². The second-order valence-electron chi connectivity index (χ2n) is 5.28. The first-order chi connectivity index (χ1) is 8.47. The first-order valence-corrected chi connectivity index (χ1v) is 7.51. The monoisotopic (exact) mass is 256 g/mol. The Labute approximate surface area is 114 Å². The average molecular weight is 256 g/mol. The fourth-order valence-corrected chi connectivity index (χ4v) is 1.61. The van der Waals surface area contributed by atoms with Gasteiger partial charge in [-0.05, 0) is 25.2 Å². The molecule has 108 valence electrons. The van der Waals surface area contributed by atoms with E-state index in [1.807, 2.05) is 13.8 Å². The zero-order valence-electron chi connectivity index (χ0n) is 13.1. The van der Waals surface area contributed by atoms with Crippen LogP contribution in [0.5, 0.6) is 0 Å². The van der Waals surface area contributed by atoms with E-state index in [4.69, 9.17) is 0 Å². The summed E-state index contributed by atoms with van der Waals surface area (Å²) in [4.78, 5) is 21.7. The topological polar surface area (TPSA) is 34.1 Å². The van der Waals surface area contributed by atoms with E-state index in [1.165, 1.54) is 0 Å². The van der Waals surface area contributed by atoms with Crippen LogP contribution in [-0.2, 0) is 9.59 Å². The van der Waals surface area contributed by atoms with E-state index >= 15 is 0 Å². The van der Waals surface area contributed by atoms with Crippen LogP contribution in [0.3, 0.4) is 0 Å². The van der Waals surface area contributed by atoms with Gasteiger partial charge in [0, 0.05) is 25.7 Å². The Morgan fingerprint density at radius 2 is 1.28 bits per heavy atom. The van der Waals surface area contributed by atoms with E-state index in [0.29, 0.717) is 17.5 Å². The van der Waals surface area contributed by atoms with Gasteiger partial charge in [-0.2, -0.15) is 0 Å². The summed E-state index contributed by atoms with van der Waals surface area (Å²) < 4.78 is 0. The molecular weight excluding hydrogens is 224 g/mol. The minimum atomic E-state index is 0.410. The van der Waals surface area contributed by atoms with Gasteiger partial charge in [-0.1, -0.05) is 41.0 Å². The molecular formula is C16H32O2. The first-order valence-electron chi connectivity index (χ1n) is 7.51. The normalized spacial score (nSPS) is 9.89. The lowest BCUT2D eigenvalue weighted by Crippen LogP contribution is -2.01. The minimum absolute atomic E-state index is 0.410. The highest BCUT2D eigenvalue weighted by molar-refractivity contribution is 5.78. The second kappa shape index (κ2) is 14.4. The molecule has 0 amide bonds. The SMILES string of the molecule is CCCC(=O)CC(C)C.CCCCC(=O)CCC. The fourth-order valence-electron chi connectivity index (χ4n) is 1.61. The summed E-state index contributed by atoms with van der Waals surface area (Å²) in [5, 5.41) is 0. The number of Topliss-reactive ketones (excluding diaryl/α,β-unsaturated/α-hetero) is 2. The largest absolute Gasteiger partial charge is 0.300 e. The molecule has 0 aliphatic heterocycles. The Bertz CT molecular complexity index is 207. The van der Waals surface area contributed by atoms with Crippen molar-refractivity contribution in [3.8, 4) is 0 Å². The molecule has 0 rings (SSSR count). The van der Waals surface area contributed by atoms with Crippen molar-refractivity contribution in [1.29, 1.82) is 0 Å². The van der Waals surface area contributed by atoms with E-state index in [-0.39, 0.29) is 0 Å². The molecule has 0 heterocycles. The zero-order chi connectivity index (χ0) is 14.4. The number of ketones is 2. The van der Waals surface area contributed by atoms with Gasteiger partial charge in [0.15, 0.2) is 0 Å². The van der Waals surface area contributed by atoms with Crippen LogP contribution in [0.2, 0.25) is 0 Å². The van der Waals surface area contributed by atoms with Crippen LogP contribution in [0.1, 0.15) is 86.0 Å². The molecule has 0 aromatic rings. The number of hydrogen-bond donors (Lipinski definition) is 0. The van der Waals surface area contributed by atoms with Gasteiger partial charge in [0.05, 0.1) is 0 Å². The van der Waals surface area contributed by atoms with Crippen molar-refractivity contribution in [2.24, 2.45) is 5.92 Å². The Kier molecular flexibility index (Phi) is 15.7. The van der Waals surface area contributed by atoms with E-state index in [0.717, 1.165) is 51.4 Å². The van der Waals surface area contributed by atoms with Crippen molar-refractivity contribution in [3.63, 3.8) is 0 Å². The molecule has 0 bridgehead atoms. The van der Waals surface area contributed by atoms with E-state index in [2.05, 4.69) is 20.8 Å². The van der Waals surface area contributed by atoms with Gasteiger partial charge in [0.25, 0.3) is 0 Å². The van der Waals surface area contributed by atoms with Gasteiger partial charge in [-0.3, -0.25) is 9.59 Å². The zero-order valence-corrected chi connectivity index (χ0v) is 13.1. The molecule has 0 aromatic carbocycles. The molecule has 0 aliphatic rings. The molecule has 18 heavy (non-hydrogen) atoms. The maximum Gasteiger partial charge on any atom is 0.133 e. The summed E-state index contributed by atoms with van der Waals surface area (Å²) in [6.45, 7) is 10.3. The van der Waals surface area contributed by atoms with Crippen LogP contribution < -0.4 is 0 Å². The summed E-state index contributed by atoms with van der Waals surface area (Å²) in [5.74, 6) is 1.37.